The smallest absolute Gasteiger partial charge is 0.155 e. The van der Waals surface area contributed by atoms with Crippen molar-refractivity contribution >= 4 is 5.82 Å². The van der Waals surface area contributed by atoms with Crippen LogP contribution in [0.4, 0.5) is 5.82 Å². The topological polar surface area (TPSA) is 49.2 Å². The number of likely N-dealkylation sites (N-methyl/N-ethyl adjacent to an activating group) is 1. The Morgan fingerprint density at radius 3 is 2.48 bits per heavy atom. The highest BCUT2D eigenvalue weighted by atomic mass is 15.2. The van der Waals surface area contributed by atoms with Crippen LogP contribution in [-0.2, 0) is 0 Å². The van der Waals surface area contributed by atoms with Gasteiger partial charge in [-0.1, -0.05) is 0 Å². The van der Waals surface area contributed by atoms with E-state index in [4.69, 9.17) is 0 Å². The Hall–Kier alpha value is -1.92. The minimum absolute atomic E-state index is 0.390. The number of anilines is 1. The number of hydrogen-bond donors (Lipinski definition) is 1. The summed E-state index contributed by atoms with van der Waals surface area (Å²) in [5, 5.41) is 3.44. The number of aromatic nitrogens is 3. The Balaban J connectivity index is 1.45. The molecule has 1 fully saturated rings. The van der Waals surface area contributed by atoms with Crippen LogP contribution in [0.2, 0.25) is 0 Å². The van der Waals surface area contributed by atoms with Crippen LogP contribution in [0.3, 0.4) is 0 Å². The van der Waals surface area contributed by atoms with E-state index >= 15 is 0 Å². The lowest BCUT2D eigenvalue weighted by molar-refractivity contribution is 0.151. The maximum absolute atomic E-state index is 4.46. The summed E-state index contributed by atoms with van der Waals surface area (Å²) in [4.78, 5) is 13.8. The molecule has 3 rings (SSSR count). The largest absolute Gasteiger partial charge is 0.366 e. The van der Waals surface area contributed by atoms with Crippen LogP contribution in [0.25, 0.3) is 5.82 Å². The predicted molar refractivity (Wildman–Crippen MR) is 93.0 cm³/mol. The molecule has 2 aromatic heterocycles. The Bertz CT molecular complexity index is 572. The summed E-state index contributed by atoms with van der Waals surface area (Å²) in [5.41, 5.74) is 0. The molecule has 6 nitrogen and oxygen atoms in total. The van der Waals surface area contributed by atoms with Crippen LogP contribution in [0.15, 0.2) is 36.9 Å². The van der Waals surface area contributed by atoms with Crippen molar-refractivity contribution < 1.29 is 0 Å². The number of nitrogens with one attached hydrogen (secondary N) is 1. The fraction of sp³-hybridized carbons (Fsp3) is 0.529. The van der Waals surface area contributed by atoms with E-state index in [1.165, 1.54) is 26.2 Å². The number of rotatable bonds is 6. The van der Waals surface area contributed by atoms with Crippen LogP contribution < -0.4 is 5.32 Å². The Morgan fingerprint density at radius 2 is 1.83 bits per heavy atom. The highest BCUT2D eigenvalue weighted by Gasteiger charge is 2.14. The Kier molecular flexibility index (Phi) is 5.25. The SMILES string of the molecule is CC(CCN1CCN(C)CC1)Nc1cnc(-n2cccc2)cn1. The zero-order valence-electron chi connectivity index (χ0n) is 14.0. The van der Waals surface area contributed by atoms with Crippen molar-refractivity contribution in [1.82, 2.24) is 24.3 Å². The van der Waals surface area contributed by atoms with Gasteiger partial charge in [0.05, 0.1) is 12.4 Å². The lowest BCUT2D eigenvalue weighted by Crippen LogP contribution is -2.45. The first-order valence-electron chi connectivity index (χ1n) is 8.33. The van der Waals surface area contributed by atoms with Crippen LogP contribution in [-0.4, -0.2) is 70.1 Å². The van der Waals surface area contributed by atoms with E-state index in [1.54, 1.807) is 6.20 Å². The predicted octanol–water partition coefficient (Wildman–Crippen LogP) is 1.71. The second-order valence-corrected chi connectivity index (χ2v) is 6.33. The van der Waals surface area contributed by atoms with Crippen molar-refractivity contribution in [3.05, 3.63) is 36.9 Å². The van der Waals surface area contributed by atoms with E-state index in [1.807, 2.05) is 35.3 Å². The highest BCUT2D eigenvalue weighted by Crippen LogP contribution is 2.09. The van der Waals surface area contributed by atoms with Crippen LogP contribution in [0, 0.1) is 0 Å². The third-order valence-electron chi connectivity index (χ3n) is 4.38. The zero-order chi connectivity index (χ0) is 16.1. The van der Waals surface area contributed by atoms with Crippen molar-refractivity contribution in [2.75, 3.05) is 45.1 Å². The zero-order valence-corrected chi connectivity index (χ0v) is 14.0. The van der Waals surface area contributed by atoms with Gasteiger partial charge in [-0.25, -0.2) is 9.97 Å². The first-order chi connectivity index (χ1) is 11.2. The van der Waals surface area contributed by atoms with Gasteiger partial charge in [0.25, 0.3) is 0 Å². The monoisotopic (exact) mass is 314 g/mol. The van der Waals surface area contributed by atoms with Crippen molar-refractivity contribution in [2.24, 2.45) is 0 Å². The minimum Gasteiger partial charge on any atom is -0.366 e. The minimum atomic E-state index is 0.390. The molecule has 23 heavy (non-hydrogen) atoms. The molecule has 2 aromatic rings. The molecule has 124 valence electrons. The lowest BCUT2D eigenvalue weighted by atomic mass is 10.2. The molecule has 0 amide bonds. The summed E-state index contributed by atoms with van der Waals surface area (Å²) in [6.07, 6.45) is 8.66. The van der Waals surface area contributed by atoms with E-state index in [0.29, 0.717) is 6.04 Å². The highest BCUT2D eigenvalue weighted by molar-refractivity contribution is 5.35. The van der Waals surface area contributed by atoms with Gasteiger partial charge in [0.1, 0.15) is 5.82 Å². The van der Waals surface area contributed by atoms with Crippen molar-refractivity contribution in [3.8, 4) is 5.82 Å². The fourth-order valence-electron chi connectivity index (χ4n) is 2.79. The average molecular weight is 314 g/mol. The van der Waals surface area contributed by atoms with Crippen molar-refractivity contribution in [1.29, 1.82) is 0 Å². The number of nitrogens with zero attached hydrogens (tertiary/aromatic N) is 5. The molecule has 0 bridgehead atoms. The van der Waals surface area contributed by atoms with Crippen LogP contribution >= 0.6 is 0 Å². The Morgan fingerprint density at radius 1 is 1.09 bits per heavy atom. The molecule has 1 saturated heterocycles. The molecular weight excluding hydrogens is 288 g/mol. The molecule has 1 aliphatic rings. The van der Waals surface area contributed by atoms with Gasteiger partial charge in [0.2, 0.25) is 0 Å². The van der Waals surface area contributed by atoms with Gasteiger partial charge in [-0.2, -0.15) is 0 Å². The maximum atomic E-state index is 4.46. The molecule has 1 aliphatic heterocycles. The molecule has 6 heteroatoms. The van der Waals surface area contributed by atoms with Gasteiger partial charge in [0, 0.05) is 51.2 Å². The third kappa shape index (κ3) is 4.53. The average Bonchev–Trinajstić information content (AvgIpc) is 3.09. The van der Waals surface area contributed by atoms with Crippen molar-refractivity contribution in [3.63, 3.8) is 0 Å². The van der Waals surface area contributed by atoms with Crippen LogP contribution in [0.5, 0.6) is 0 Å². The third-order valence-corrected chi connectivity index (χ3v) is 4.38. The van der Waals surface area contributed by atoms with Gasteiger partial charge in [-0.3, -0.25) is 0 Å². The normalized spacial score (nSPS) is 18.0. The Labute approximate surface area is 138 Å². The van der Waals surface area contributed by atoms with Gasteiger partial charge < -0.3 is 19.7 Å². The molecule has 1 atom stereocenters. The van der Waals surface area contributed by atoms with Gasteiger partial charge in [-0.15, -0.1) is 0 Å². The van der Waals surface area contributed by atoms with Gasteiger partial charge >= 0.3 is 0 Å². The molecule has 3 heterocycles. The molecule has 0 radical (unpaired) electrons. The second kappa shape index (κ2) is 7.57. The molecule has 0 saturated carbocycles. The number of hydrogen-bond acceptors (Lipinski definition) is 5. The second-order valence-electron chi connectivity index (χ2n) is 6.33. The van der Waals surface area contributed by atoms with Crippen molar-refractivity contribution in [2.45, 2.75) is 19.4 Å². The molecule has 1 unspecified atom stereocenters. The quantitative estimate of drug-likeness (QED) is 0.879. The summed E-state index contributed by atoms with van der Waals surface area (Å²) in [6, 6.07) is 4.35. The van der Waals surface area contributed by atoms with E-state index in [9.17, 15) is 0 Å². The van der Waals surface area contributed by atoms with E-state index in [0.717, 1.165) is 24.6 Å². The summed E-state index contributed by atoms with van der Waals surface area (Å²) in [7, 11) is 2.19. The fourth-order valence-corrected chi connectivity index (χ4v) is 2.79. The van der Waals surface area contributed by atoms with E-state index < -0.39 is 0 Å². The summed E-state index contributed by atoms with van der Waals surface area (Å²) < 4.78 is 1.95. The summed E-state index contributed by atoms with van der Waals surface area (Å²) in [6.45, 7) is 8.04. The van der Waals surface area contributed by atoms with E-state index in [-0.39, 0.29) is 0 Å². The maximum Gasteiger partial charge on any atom is 0.155 e. The van der Waals surface area contributed by atoms with Gasteiger partial charge in [0.15, 0.2) is 5.82 Å². The van der Waals surface area contributed by atoms with E-state index in [2.05, 4.69) is 39.1 Å². The van der Waals surface area contributed by atoms with Crippen LogP contribution in [0.1, 0.15) is 13.3 Å². The lowest BCUT2D eigenvalue weighted by Gasteiger charge is -2.33. The first kappa shape index (κ1) is 16.0. The van der Waals surface area contributed by atoms with Gasteiger partial charge in [-0.05, 0) is 32.5 Å². The first-order valence-corrected chi connectivity index (χ1v) is 8.33. The summed E-state index contributed by atoms with van der Waals surface area (Å²) >= 11 is 0. The summed E-state index contributed by atoms with van der Waals surface area (Å²) in [5.74, 6) is 1.68. The molecule has 0 aromatic carbocycles. The standard InChI is InChI=1S/C17H26N6/c1-15(5-8-22-11-9-21(2)10-12-22)20-16-13-19-17(14-18-16)23-6-3-4-7-23/h3-4,6-7,13-15H,5,8-12H2,1-2H3,(H,18,20). The molecular formula is C17H26N6. The molecule has 0 aliphatic carbocycles. The molecule has 1 N–H and O–H groups in total. The molecule has 0 spiro atoms. The number of piperazine rings is 1.